The molecule has 0 bridgehead atoms. The number of carbonyl (C=O) groups is 2. The van der Waals surface area contributed by atoms with Crippen LogP contribution in [0.5, 0.6) is 0 Å². The van der Waals surface area contributed by atoms with Gasteiger partial charge in [-0.2, -0.15) is 5.10 Å². The molecule has 0 spiro atoms. The molecule has 2 aromatic rings. The highest BCUT2D eigenvalue weighted by molar-refractivity contribution is 6.03. The first-order valence-corrected chi connectivity index (χ1v) is 8.99. The number of carbonyl (C=O) groups excluding carboxylic acids is 2. The van der Waals surface area contributed by atoms with Crippen molar-refractivity contribution in [3.05, 3.63) is 41.2 Å². The second-order valence-electron chi connectivity index (χ2n) is 8.07. The first kappa shape index (κ1) is 18.2. The molecule has 6 nitrogen and oxygen atoms in total. The summed E-state index contributed by atoms with van der Waals surface area (Å²) in [5.74, 6) is 0.0774. The minimum Gasteiger partial charge on any atom is -0.326 e. The van der Waals surface area contributed by atoms with Crippen molar-refractivity contribution in [2.24, 2.45) is 0 Å². The van der Waals surface area contributed by atoms with E-state index in [0.29, 0.717) is 24.2 Å². The van der Waals surface area contributed by atoms with Crippen LogP contribution in [-0.4, -0.2) is 21.6 Å². The molecule has 0 unspecified atom stereocenters. The maximum atomic E-state index is 12.7. The predicted octanol–water partition coefficient (Wildman–Crippen LogP) is 3.90. The Hall–Kier alpha value is -2.63. The molecule has 2 N–H and O–H groups in total. The van der Waals surface area contributed by atoms with Gasteiger partial charge in [-0.05, 0) is 62.9 Å². The zero-order chi connectivity index (χ0) is 19.1. The maximum Gasteiger partial charge on any atom is 0.276 e. The minimum atomic E-state index is -0.227. The Morgan fingerprint density at radius 3 is 2.58 bits per heavy atom. The van der Waals surface area contributed by atoms with Crippen LogP contribution in [0.15, 0.2) is 24.3 Å². The topological polar surface area (TPSA) is 76.0 Å². The summed E-state index contributed by atoms with van der Waals surface area (Å²) >= 11 is 0. The number of anilines is 2. The van der Waals surface area contributed by atoms with Crippen LogP contribution in [0, 0.1) is 0 Å². The van der Waals surface area contributed by atoms with E-state index in [2.05, 4.69) is 50.4 Å². The third kappa shape index (κ3) is 3.64. The van der Waals surface area contributed by atoms with Crippen LogP contribution in [0.1, 0.15) is 68.7 Å². The lowest BCUT2D eigenvalue weighted by molar-refractivity contribution is -0.116. The van der Waals surface area contributed by atoms with Crippen molar-refractivity contribution in [2.75, 3.05) is 10.6 Å². The van der Waals surface area contributed by atoms with E-state index in [4.69, 9.17) is 0 Å². The van der Waals surface area contributed by atoms with Crippen molar-refractivity contribution in [2.45, 2.75) is 58.9 Å². The fraction of sp³-hybridized carbons (Fsp3) is 0.450. The molecule has 1 aromatic carbocycles. The van der Waals surface area contributed by atoms with Crippen LogP contribution >= 0.6 is 0 Å². The predicted molar refractivity (Wildman–Crippen MR) is 103 cm³/mol. The van der Waals surface area contributed by atoms with Gasteiger partial charge in [-0.15, -0.1) is 0 Å². The summed E-state index contributed by atoms with van der Waals surface area (Å²) < 4.78 is 1.93. The van der Waals surface area contributed by atoms with Crippen molar-refractivity contribution in [1.82, 2.24) is 9.78 Å². The van der Waals surface area contributed by atoms with Crippen LogP contribution in [0.4, 0.5) is 11.4 Å². The number of rotatable bonds is 3. The van der Waals surface area contributed by atoms with Gasteiger partial charge in [-0.3, -0.25) is 14.3 Å². The van der Waals surface area contributed by atoms with E-state index in [1.807, 2.05) is 22.9 Å². The molecular weight excluding hydrogens is 328 g/mol. The van der Waals surface area contributed by atoms with E-state index in [1.165, 1.54) is 0 Å². The smallest absolute Gasteiger partial charge is 0.276 e. The highest BCUT2D eigenvalue weighted by Crippen LogP contribution is 2.27. The number of aryl methyl sites for hydroxylation is 1. The highest BCUT2D eigenvalue weighted by Gasteiger charge is 2.24. The van der Waals surface area contributed by atoms with Crippen LogP contribution in [0.25, 0.3) is 0 Å². The standard InChI is InChI=1S/C20H26N4O2/c1-12(2)17-11-16(23-24(17)20(3,4)5)19(26)21-14-7-8-15-13(10-14)6-9-18(25)22-15/h7-8,10-12H,6,9H2,1-5H3,(H,21,26)(H,22,25). The molecule has 0 radical (unpaired) electrons. The van der Waals surface area contributed by atoms with Crippen LogP contribution in [0.3, 0.4) is 0 Å². The molecule has 0 atom stereocenters. The molecule has 0 saturated carbocycles. The fourth-order valence-electron chi connectivity index (χ4n) is 3.11. The van der Waals surface area contributed by atoms with Gasteiger partial charge in [0.15, 0.2) is 5.69 Å². The van der Waals surface area contributed by atoms with E-state index in [9.17, 15) is 9.59 Å². The number of fused-ring (bicyclic) bond motifs is 1. The zero-order valence-electron chi connectivity index (χ0n) is 16.0. The summed E-state index contributed by atoms with van der Waals surface area (Å²) in [5, 5.41) is 10.3. The van der Waals surface area contributed by atoms with Crippen molar-refractivity contribution in [1.29, 1.82) is 0 Å². The number of hydrogen-bond donors (Lipinski definition) is 2. The van der Waals surface area contributed by atoms with Gasteiger partial charge in [0.25, 0.3) is 5.91 Å². The maximum absolute atomic E-state index is 12.7. The lowest BCUT2D eigenvalue weighted by Crippen LogP contribution is -2.26. The van der Waals surface area contributed by atoms with Gasteiger partial charge in [-0.1, -0.05) is 13.8 Å². The molecular formula is C20H26N4O2. The van der Waals surface area contributed by atoms with Crippen molar-refractivity contribution in [3.63, 3.8) is 0 Å². The molecule has 1 aliphatic rings. The van der Waals surface area contributed by atoms with Crippen molar-refractivity contribution >= 4 is 23.2 Å². The molecule has 26 heavy (non-hydrogen) atoms. The Balaban J connectivity index is 1.84. The molecule has 2 heterocycles. The van der Waals surface area contributed by atoms with Crippen molar-refractivity contribution in [3.8, 4) is 0 Å². The molecule has 0 fully saturated rings. The third-order valence-electron chi connectivity index (χ3n) is 4.46. The first-order chi connectivity index (χ1) is 12.1. The largest absolute Gasteiger partial charge is 0.326 e. The number of amides is 2. The van der Waals surface area contributed by atoms with Gasteiger partial charge < -0.3 is 10.6 Å². The molecule has 0 aliphatic carbocycles. The van der Waals surface area contributed by atoms with Gasteiger partial charge in [0, 0.05) is 23.5 Å². The van der Waals surface area contributed by atoms with Crippen LogP contribution in [0.2, 0.25) is 0 Å². The van der Waals surface area contributed by atoms with Crippen LogP contribution < -0.4 is 10.6 Å². The SMILES string of the molecule is CC(C)c1cc(C(=O)Nc2ccc3c(c2)CCC(=O)N3)nn1C(C)(C)C. The summed E-state index contributed by atoms with van der Waals surface area (Å²) in [6.07, 6.45) is 1.15. The Morgan fingerprint density at radius 1 is 1.23 bits per heavy atom. The number of benzene rings is 1. The third-order valence-corrected chi connectivity index (χ3v) is 4.46. The Bertz CT molecular complexity index is 859. The van der Waals surface area contributed by atoms with Gasteiger partial charge in [0.05, 0.1) is 5.54 Å². The monoisotopic (exact) mass is 354 g/mol. The molecule has 138 valence electrons. The molecule has 1 aliphatic heterocycles. The molecule has 3 rings (SSSR count). The molecule has 6 heteroatoms. The summed E-state index contributed by atoms with van der Waals surface area (Å²) in [6.45, 7) is 10.4. The molecule has 2 amide bonds. The average Bonchev–Trinajstić information content (AvgIpc) is 3.01. The first-order valence-electron chi connectivity index (χ1n) is 8.99. The minimum absolute atomic E-state index is 0.0308. The summed E-state index contributed by atoms with van der Waals surface area (Å²) in [4.78, 5) is 24.1. The van der Waals surface area contributed by atoms with Crippen molar-refractivity contribution < 1.29 is 9.59 Å². The summed E-state index contributed by atoms with van der Waals surface area (Å²) in [6, 6.07) is 7.41. The van der Waals surface area contributed by atoms with E-state index in [0.717, 1.165) is 16.9 Å². The Labute approximate surface area is 154 Å². The number of aromatic nitrogens is 2. The van der Waals surface area contributed by atoms with Crippen LogP contribution in [-0.2, 0) is 16.8 Å². The molecule has 0 saturated heterocycles. The highest BCUT2D eigenvalue weighted by atomic mass is 16.2. The summed E-state index contributed by atoms with van der Waals surface area (Å²) in [7, 11) is 0. The Morgan fingerprint density at radius 2 is 1.96 bits per heavy atom. The second-order valence-corrected chi connectivity index (χ2v) is 8.07. The lowest BCUT2D eigenvalue weighted by Gasteiger charge is -2.23. The quantitative estimate of drug-likeness (QED) is 0.878. The number of nitrogens with zero attached hydrogens (tertiary/aromatic N) is 2. The number of nitrogens with one attached hydrogen (secondary N) is 2. The summed E-state index contributed by atoms with van der Waals surface area (Å²) in [5.41, 5.74) is 3.82. The molecule has 1 aromatic heterocycles. The number of hydrogen-bond acceptors (Lipinski definition) is 3. The van der Waals surface area contributed by atoms with E-state index in [-0.39, 0.29) is 23.3 Å². The van der Waals surface area contributed by atoms with E-state index >= 15 is 0 Å². The van der Waals surface area contributed by atoms with E-state index in [1.54, 1.807) is 6.07 Å². The van der Waals surface area contributed by atoms with E-state index < -0.39 is 0 Å². The zero-order valence-corrected chi connectivity index (χ0v) is 16.0. The average molecular weight is 354 g/mol. The normalized spacial score (nSPS) is 14.2. The Kier molecular flexibility index (Phi) is 4.61. The van der Waals surface area contributed by atoms with Gasteiger partial charge in [-0.25, -0.2) is 0 Å². The second kappa shape index (κ2) is 6.59. The lowest BCUT2D eigenvalue weighted by atomic mass is 10.0. The van der Waals surface area contributed by atoms with Gasteiger partial charge >= 0.3 is 0 Å². The van der Waals surface area contributed by atoms with Gasteiger partial charge in [0.2, 0.25) is 5.91 Å². The van der Waals surface area contributed by atoms with Gasteiger partial charge in [0.1, 0.15) is 0 Å². The fourth-order valence-corrected chi connectivity index (χ4v) is 3.11.